The van der Waals surface area contributed by atoms with E-state index in [9.17, 15) is 0 Å². The second-order valence-corrected chi connectivity index (χ2v) is 3.57. The summed E-state index contributed by atoms with van der Waals surface area (Å²) in [6.45, 7) is 4.55. The summed E-state index contributed by atoms with van der Waals surface area (Å²) in [5.74, 6) is 0. The Balaban J connectivity index is -0.0000000960. The van der Waals surface area contributed by atoms with Crippen LogP contribution in [0.2, 0.25) is 0 Å². The molecule has 0 aromatic rings. The predicted molar refractivity (Wildman–Crippen MR) is 91.5 cm³/mol. The summed E-state index contributed by atoms with van der Waals surface area (Å²) >= 11 is 0. The number of rotatable bonds is 5. The predicted octanol–water partition coefficient (Wildman–Crippen LogP) is 2.75. The molecule has 0 spiro atoms. The molecule has 1 aliphatic heterocycles. The molecule has 1 heterocycles. The summed E-state index contributed by atoms with van der Waals surface area (Å²) in [4.78, 5) is 4.58. The Hall–Kier alpha value is 1.03. The monoisotopic (exact) mass is 342 g/mol. The van der Waals surface area contributed by atoms with Crippen LogP contribution >= 0.6 is 49.6 Å². The maximum atomic E-state index is 2.37. The van der Waals surface area contributed by atoms with E-state index in [4.69, 9.17) is 0 Å². The van der Waals surface area contributed by atoms with E-state index in [1.165, 1.54) is 32.2 Å². The molecule has 7 heteroatoms. The van der Waals surface area contributed by atoms with Gasteiger partial charge in [0.25, 0.3) is 0 Å². The molecule has 1 rings (SSSR count). The van der Waals surface area contributed by atoms with Gasteiger partial charge in [0.05, 0.1) is 6.67 Å². The third kappa shape index (κ3) is 15.0. The molecule has 0 fully saturated rings. The lowest BCUT2D eigenvalue weighted by molar-refractivity contribution is 0.291. The fourth-order valence-corrected chi connectivity index (χ4v) is 1.48. The first kappa shape index (κ1) is 30.8. The van der Waals surface area contributed by atoms with E-state index in [1.807, 2.05) is 0 Å². The zero-order valence-electron chi connectivity index (χ0n) is 9.92. The molecule has 1 aliphatic rings. The Bertz CT molecular complexity index is 161. The minimum Gasteiger partial charge on any atom is -0.362 e. The Morgan fingerprint density at radius 2 is 1.53 bits per heavy atom. The van der Waals surface area contributed by atoms with Crippen LogP contribution in [0.15, 0.2) is 12.4 Å². The van der Waals surface area contributed by atoms with E-state index in [2.05, 4.69) is 36.2 Å². The fourth-order valence-electron chi connectivity index (χ4n) is 1.48. The second kappa shape index (κ2) is 19.4. The Morgan fingerprint density at radius 1 is 0.941 bits per heavy atom. The Morgan fingerprint density at radius 3 is 1.94 bits per heavy atom. The average molecular weight is 344 g/mol. The van der Waals surface area contributed by atoms with Gasteiger partial charge in [0.15, 0.2) is 17.4 Å². The lowest BCUT2D eigenvalue weighted by Gasteiger charge is -2.17. The summed E-state index contributed by atoms with van der Waals surface area (Å²) in [6.07, 6.45) is 9.76. The van der Waals surface area contributed by atoms with Crippen LogP contribution in [0.25, 0.3) is 0 Å². The molecule has 0 saturated heterocycles. The quantitative estimate of drug-likeness (QED) is 0.559. The number of nitrogens with zero attached hydrogens (tertiary/aromatic N) is 2. The minimum absolute atomic E-state index is 0. The van der Waals surface area contributed by atoms with Gasteiger partial charge in [-0.05, 0) is 6.42 Å². The summed E-state index contributed by atoms with van der Waals surface area (Å²) in [5, 5.41) is 0. The van der Waals surface area contributed by atoms with E-state index < -0.39 is 0 Å². The van der Waals surface area contributed by atoms with Crippen LogP contribution in [-0.4, -0.2) is 47.4 Å². The summed E-state index contributed by atoms with van der Waals surface area (Å²) < 4.78 is 0. The molecule has 0 radical (unpaired) electrons. The highest BCUT2D eigenvalue weighted by Crippen LogP contribution is 2.06. The Kier molecular flexibility index (Phi) is 35.1. The molecule has 17 heavy (non-hydrogen) atoms. The van der Waals surface area contributed by atoms with Crippen molar-refractivity contribution in [1.29, 1.82) is 0 Å². The van der Waals surface area contributed by atoms with Crippen LogP contribution in [0.5, 0.6) is 0 Å². The number of hydrogen-bond donors (Lipinski definition) is 0. The smallest absolute Gasteiger partial charge is 0.187 e. The van der Waals surface area contributed by atoms with Gasteiger partial charge in [-0.3, -0.25) is 0 Å². The van der Waals surface area contributed by atoms with Gasteiger partial charge < -0.3 is 9.80 Å². The van der Waals surface area contributed by atoms with Gasteiger partial charge in [-0.1, -0.05) is 26.2 Å². The van der Waals surface area contributed by atoms with Crippen molar-refractivity contribution >= 4 is 67.0 Å². The van der Waals surface area contributed by atoms with E-state index in [0.717, 1.165) is 6.67 Å². The molecule has 2 nitrogen and oxygen atoms in total. The molecule has 0 amide bonds. The van der Waals surface area contributed by atoms with Crippen molar-refractivity contribution < 1.29 is 0 Å². The molecule has 0 bridgehead atoms. The van der Waals surface area contributed by atoms with Crippen LogP contribution in [0.1, 0.15) is 32.6 Å². The molecule has 0 aliphatic carbocycles. The maximum absolute atomic E-state index is 2.37. The molecule has 0 aromatic carbocycles. The van der Waals surface area contributed by atoms with Crippen molar-refractivity contribution in [3.05, 3.63) is 12.4 Å². The topological polar surface area (TPSA) is 6.48 Å². The van der Waals surface area contributed by atoms with Gasteiger partial charge in [0, 0.05) is 26.0 Å². The van der Waals surface area contributed by atoms with Crippen LogP contribution < -0.4 is 0 Å². The van der Waals surface area contributed by atoms with E-state index in [0.29, 0.717) is 0 Å². The normalized spacial score (nSPS) is 11.4. The lowest BCUT2D eigenvalue weighted by atomic mass is 10.2. The number of hydrogen-bond acceptors (Lipinski definition) is 2. The third-order valence-electron chi connectivity index (χ3n) is 2.24. The maximum Gasteiger partial charge on any atom is 0.187 e. The lowest BCUT2D eigenvalue weighted by Crippen LogP contribution is -2.23. The van der Waals surface area contributed by atoms with Crippen LogP contribution in [0.4, 0.5) is 0 Å². The van der Waals surface area contributed by atoms with Gasteiger partial charge in [-0.25, -0.2) is 0 Å². The summed E-state index contributed by atoms with van der Waals surface area (Å²) in [7, 11) is 2.11. The number of halogens is 4. The first-order valence-corrected chi connectivity index (χ1v) is 4.95. The van der Waals surface area contributed by atoms with E-state index in [1.54, 1.807) is 0 Å². The standard InChI is InChI=1S/C10H20N2.Al.4ClH.3H/c1-3-4-5-6-7-12-9-8-11(2)10-12;;;;;;;;/h8-9H,3-7,10H2,1-2H3;;4*1H;;;. The van der Waals surface area contributed by atoms with Crippen LogP contribution in [-0.2, 0) is 0 Å². The molecule has 0 aromatic heterocycles. The van der Waals surface area contributed by atoms with Gasteiger partial charge >= 0.3 is 0 Å². The first-order chi connectivity index (χ1) is 5.83. The van der Waals surface area contributed by atoms with Crippen molar-refractivity contribution in [1.82, 2.24) is 9.80 Å². The molecule has 0 saturated carbocycles. The van der Waals surface area contributed by atoms with Crippen molar-refractivity contribution in [2.24, 2.45) is 0 Å². The Labute approximate surface area is 141 Å². The SMILES string of the molecule is CCCCCCN1C=CN(C)C1.Cl.Cl.Cl.Cl.[AlH3]. The molecule has 108 valence electrons. The van der Waals surface area contributed by atoms with E-state index in [-0.39, 0.29) is 67.0 Å². The molecular formula is C10H27AlCl4N2. The minimum atomic E-state index is 0. The molecule has 0 unspecified atom stereocenters. The second-order valence-electron chi connectivity index (χ2n) is 3.57. The largest absolute Gasteiger partial charge is 0.362 e. The zero-order valence-corrected chi connectivity index (χ0v) is 13.2. The number of unbranched alkanes of at least 4 members (excludes halogenated alkanes) is 3. The molecular weight excluding hydrogens is 317 g/mol. The zero-order chi connectivity index (χ0) is 8.81. The highest BCUT2D eigenvalue weighted by atomic mass is 35.5. The van der Waals surface area contributed by atoms with Gasteiger partial charge in [-0.15, -0.1) is 49.6 Å². The van der Waals surface area contributed by atoms with E-state index >= 15 is 0 Å². The molecule has 0 atom stereocenters. The van der Waals surface area contributed by atoms with Crippen molar-refractivity contribution in [2.75, 3.05) is 20.3 Å². The van der Waals surface area contributed by atoms with Crippen molar-refractivity contribution in [2.45, 2.75) is 32.6 Å². The van der Waals surface area contributed by atoms with Gasteiger partial charge in [0.2, 0.25) is 0 Å². The average Bonchev–Trinajstić information content (AvgIpc) is 2.45. The highest BCUT2D eigenvalue weighted by Gasteiger charge is 2.06. The van der Waals surface area contributed by atoms with Gasteiger partial charge in [-0.2, -0.15) is 0 Å². The van der Waals surface area contributed by atoms with Crippen molar-refractivity contribution in [3.8, 4) is 0 Å². The van der Waals surface area contributed by atoms with Crippen molar-refractivity contribution in [3.63, 3.8) is 0 Å². The van der Waals surface area contributed by atoms with Crippen LogP contribution in [0.3, 0.4) is 0 Å². The summed E-state index contributed by atoms with van der Waals surface area (Å²) in [6, 6.07) is 0. The summed E-state index contributed by atoms with van der Waals surface area (Å²) in [5.41, 5.74) is 0. The van der Waals surface area contributed by atoms with Crippen LogP contribution in [0, 0.1) is 0 Å². The first-order valence-electron chi connectivity index (χ1n) is 4.95. The highest BCUT2D eigenvalue weighted by molar-refractivity contribution is 5.86. The fraction of sp³-hybridized carbons (Fsp3) is 0.800. The molecule has 0 N–H and O–H groups in total. The van der Waals surface area contributed by atoms with Gasteiger partial charge in [0.1, 0.15) is 0 Å². The third-order valence-corrected chi connectivity index (χ3v) is 2.24.